The highest BCUT2D eigenvalue weighted by Gasteiger charge is 2.21. The van der Waals surface area contributed by atoms with Crippen molar-refractivity contribution >= 4 is 76.8 Å². The van der Waals surface area contributed by atoms with Crippen molar-refractivity contribution in [2.75, 3.05) is 0 Å². The molecule has 11 rings (SSSR count). The molecule has 8 aromatic carbocycles. The van der Waals surface area contributed by atoms with E-state index < -0.39 is 0 Å². The first-order valence-corrected chi connectivity index (χ1v) is 18.3. The van der Waals surface area contributed by atoms with Gasteiger partial charge in [0.05, 0.1) is 52.1 Å². The molecule has 5 nitrogen and oxygen atoms in total. The van der Waals surface area contributed by atoms with Gasteiger partial charge in [0, 0.05) is 43.5 Å². The number of hydrogen-bond donors (Lipinski definition) is 0. The highest BCUT2D eigenvalue weighted by molar-refractivity contribution is 6.15. The fraction of sp³-hybridized carbons (Fsp3) is 0. The molecule has 0 saturated heterocycles. The summed E-state index contributed by atoms with van der Waals surface area (Å²) in [6, 6.07) is 61.2. The van der Waals surface area contributed by atoms with E-state index in [4.69, 9.17) is 13.1 Å². The van der Waals surface area contributed by atoms with Gasteiger partial charge in [-0.3, -0.25) is 0 Å². The molecule has 3 heterocycles. The second-order valence-corrected chi connectivity index (χ2v) is 13.9. The van der Waals surface area contributed by atoms with Crippen LogP contribution in [0.5, 0.6) is 0 Å². The van der Waals surface area contributed by atoms with Gasteiger partial charge < -0.3 is 13.7 Å². The third-order valence-corrected chi connectivity index (χ3v) is 11.1. The predicted octanol–water partition coefficient (Wildman–Crippen LogP) is 13.7. The minimum absolute atomic E-state index is 0.595. The van der Waals surface area contributed by atoms with Gasteiger partial charge in [-0.25, -0.2) is 9.69 Å². The zero-order chi connectivity index (χ0) is 36.6. The van der Waals surface area contributed by atoms with Gasteiger partial charge in [-0.15, -0.1) is 0 Å². The summed E-state index contributed by atoms with van der Waals surface area (Å²) in [5.41, 5.74) is 12.6. The molecule has 0 amide bonds. The Morgan fingerprint density at radius 2 is 0.855 bits per heavy atom. The van der Waals surface area contributed by atoms with Crippen molar-refractivity contribution in [3.05, 3.63) is 199 Å². The molecule has 0 unspecified atom stereocenters. The Labute approximate surface area is 316 Å². The maximum atomic E-state index is 8.24. The van der Waals surface area contributed by atoms with Gasteiger partial charge >= 0.3 is 0 Å². The lowest BCUT2D eigenvalue weighted by molar-refractivity contribution is 1.13. The lowest BCUT2D eigenvalue weighted by Crippen LogP contribution is -2.00. The van der Waals surface area contributed by atoms with Crippen LogP contribution in [0.25, 0.3) is 103 Å². The van der Waals surface area contributed by atoms with E-state index >= 15 is 0 Å². The fourth-order valence-corrected chi connectivity index (χ4v) is 8.70. The lowest BCUT2D eigenvalue weighted by atomic mass is 10.0. The van der Waals surface area contributed by atoms with E-state index in [0.717, 1.165) is 72.1 Å². The van der Waals surface area contributed by atoms with Crippen LogP contribution in [-0.2, 0) is 0 Å². The van der Waals surface area contributed by atoms with Gasteiger partial charge in [-0.05, 0) is 71.8 Å². The summed E-state index contributed by atoms with van der Waals surface area (Å²) < 4.78 is 6.88. The largest absolute Gasteiger partial charge is 0.319 e. The van der Waals surface area contributed by atoms with Crippen molar-refractivity contribution in [3.63, 3.8) is 0 Å². The molecular weight excluding hydrogens is 671 g/mol. The zero-order valence-corrected chi connectivity index (χ0v) is 29.5. The molecule has 0 saturated carbocycles. The summed E-state index contributed by atoms with van der Waals surface area (Å²) in [6.07, 6.45) is 0. The van der Waals surface area contributed by atoms with Gasteiger partial charge in [0.2, 0.25) is 5.69 Å². The van der Waals surface area contributed by atoms with Crippen LogP contribution in [0.1, 0.15) is 0 Å². The smallest absolute Gasteiger partial charge is 0.211 e. The lowest BCUT2D eigenvalue weighted by Gasteiger charge is -2.15. The van der Waals surface area contributed by atoms with Gasteiger partial charge in [-0.1, -0.05) is 115 Å². The van der Waals surface area contributed by atoms with E-state index in [0.29, 0.717) is 11.4 Å². The van der Waals surface area contributed by atoms with Gasteiger partial charge in [-0.2, -0.15) is 0 Å². The van der Waals surface area contributed by atoms with Crippen molar-refractivity contribution in [3.8, 4) is 28.2 Å². The van der Waals surface area contributed by atoms with Crippen LogP contribution in [0.15, 0.2) is 176 Å². The van der Waals surface area contributed by atoms with Crippen LogP contribution < -0.4 is 0 Å². The first-order valence-electron chi connectivity index (χ1n) is 18.3. The van der Waals surface area contributed by atoms with Gasteiger partial charge in [0.15, 0.2) is 5.69 Å². The van der Waals surface area contributed by atoms with Crippen LogP contribution in [0.4, 0.5) is 11.4 Å². The second-order valence-electron chi connectivity index (χ2n) is 13.9. The Balaban J connectivity index is 1.09. The summed E-state index contributed by atoms with van der Waals surface area (Å²) in [5.74, 6) is 0. The second kappa shape index (κ2) is 11.8. The van der Waals surface area contributed by atoms with Crippen molar-refractivity contribution in [1.82, 2.24) is 13.7 Å². The molecule has 0 radical (unpaired) electrons. The minimum atomic E-state index is 0.595. The molecule has 3 aromatic heterocycles. The Kier molecular flexibility index (Phi) is 6.61. The number of para-hydroxylation sites is 5. The monoisotopic (exact) mass is 699 g/mol. The molecule has 55 heavy (non-hydrogen) atoms. The quantitative estimate of drug-likeness (QED) is 0.163. The summed E-state index contributed by atoms with van der Waals surface area (Å²) in [4.78, 5) is 7.86. The molecule has 0 aliphatic carbocycles. The van der Waals surface area contributed by atoms with E-state index in [1.54, 1.807) is 0 Å². The molecule has 0 aliphatic rings. The maximum Gasteiger partial charge on any atom is 0.211 e. The first-order chi connectivity index (χ1) is 27.2. The molecular formula is C50H29N5. The third-order valence-electron chi connectivity index (χ3n) is 11.1. The SMILES string of the molecule is [C-]#[N+]c1ccc2c3cccc(-n4c5ccccc5c5ccccc54)c3n(-c3ccc(-c4ccc(-n5c6ccccc6c6ccccc65)c([N+]#[C-])c4)cc3)c2c1. The topological polar surface area (TPSA) is 23.5 Å². The highest BCUT2D eigenvalue weighted by atomic mass is 15.1. The van der Waals surface area contributed by atoms with Crippen LogP contribution in [0.2, 0.25) is 0 Å². The average Bonchev–Trinajstić information content (AvgIpc) is 3.89. The molecule has 254 valence electrons. The molecule has 0 spiro atoms. The molecule has 0 fully saturated rings. The zero-order valence-electron chi connectivity index (χ0n) is 29.5. The minimum Gasteiger partial charge on any atom is -0.319 e. The number of fused-ring (bicyclic) bond motifs is 9. The van der Waals surface area contributed by atoms with E-state index in [9.17, 15) is 0 Å². The Bertz CT molecular complexity index is 3350. The summed E-state index contributed by atoms with van der Waals surface area (Å²) in [7, 11) is 0. The van der Waals surface area contributed by atoms with Crippen LogP contribution in [0.3, 0.4) is 0 Å². The standard InChI is InChI=1S/C50H29N5/c1-51-34-25-28-40-41-16-11-21-48(55-45-19-9-5-14-38(45)39-15-6-10-20-46(39)55)50(41)53(49(40)31-34)35-26-22-32(23-27-35)33-24-29-47(42(30-33)52-2)54-43-17-7-3-12-36(43)37-13-4-8-18-44(37)54/h3-31H. The Morgan fingerprint density at radius 3 is 1.42 bits per heavy atom. The molecule has 11 aromatic rings. The van der Waals surface area contributed by atoms with Crippen LogP contribution in [0, 0.1) is 13.1 Å². The summed E-state index contributed by atoms with van der Waals surface area (Å²) >= 11 is 0. The van der Waals surface area contributed by atoms with E-state index in [1.807, 2.05) is 18.2 Å². The molecule has 0 bridgehead atoms. The van der Waals surface area contributed by atoms with Gasteiger partial charge in [0.25, 0.3) is 0 Å². The molecule has 0 N–H and O–H groups in total. The highest BCUT2D eigenvalue weighted by Crippen LogP contribution is 2.42. The summed E-state index contributed by atoms with van der Waals surface area (Å²) in [6.45, 7) is 16.1. The maximum absolute atomic E-state index is 8.24. The summed E-state index contributed by atoms with van der Waals surface area (Å²) in [5, 5.41) is 6.97. The third kappa shape index (κ3) is 4.45. The van der Waals surface area contributed by atoms with Gasteiger partial charge in [0.1, 0.15) is 0 Å². The first kappa shape index (κ1) is 30.7. The van der Waals surface area contributed by atoms with Crippen molar-refractivity contribution in [1.29, 1.82) is 0 Å². The Morgan fingerprint density at radius 1 is 0.345 bits per heavy atom. The molecule has 0 aliphatic heterocycles. The van der Waals surface area contributed by atoms with Crippen LogP contribution in [-0.4, -0.2) is 13.7 Å². The van der Waals surface area contributed by atoms with E-state index in [1.165, 1.54) is 21.5 Å². The average molecular weight is 700 g/mol. The van der Waals surface area contributed by atoms with Crippen molar-refractivity contribution in [2.45, 2.75) is 0 Å². The fourth-order valence-electron chi connectivity index (χ4n) is 8.70. The van der Waals surface area contributed by atoms with Crippen molar-refractivity contribution < 1.29 is 0 Å². The molecule has 0 atom stereocenters. The van der Waals surface area contributed by atoms with Crippen LogP contribution >= 0.6 is 0 Å². The van der Waals surface area contributed by atoms with E-state index in [-0.39, 0.29) is 0 Å². The number of aromatic nitrogens is 3. The number of nitrogens with zero attached hydrogens (tertiary/aromatic N) is 5. The van der Waals surface area contributed by atoms with E-state index in [2.05, 4.69) is 181 Å². The number of hydrogen-bond acceptors (Lipinski definition) is 0. The van der Waals surface area contributed by atoms with Crippen molar-refractivity contribution in [2.24, 2.45) is 0 Å². The normalized spacial score (nSPS) is 11.6. The number of rotatable bonds is 4. The predicted molar refractivity (Wildman–Crippen MR) is 227 cm³/mol. The number of benzene rings is 8. The molecule has 5 heteroatoms. The Hall–Kier alpha value is -7.86.